The Labute approximate surface area is 133 Å². The number of nitrogens with zero attached hydrogens (tertiary/aromatic N) is 5. The lowest BCUT2D eigenvalue weighted by atomic mass is 10.0. The molecule has 0 radical (unpaired) electrons. The highest BCUT2D eigenvalue weighted by atomic mass is 16.2. The zero-order chi connectivity index (χ0) is 15.8. The lowest BCUT2D eigenvalue weighted by Gasteiger charge is -2.36. The highest BCUT2D eigenvalue weighted by Gasteiger charge is 2.33. The number of anilines is 1. The molecule has 2 aromatic heterocycles. The summed E-state index contributed by atoms with van der Waals surface area (Å²) in [5, 5.41) is 8.05. The van der Waals surface area contributed by atoms with Crippen LogP contribution < -0.4 is 10.2 Å². The van der Waals surface area contributed by atoms with Crippen LogP contribution in [0.15, 0.2) is 42.9 Å². The second-order valence-electron chi connectivity index (χ2n) is 5.50. The standard InChI is InChI=1S/C16H16N6O/c1-21-14-12(9-20-21)15(19-10-18-14)22-8-7-17-16(23)13(22)11-5-3-2-4-6-11/h2-6,9-10,13H,7-8H2,1H3,(H,17,23)/t13-/m0/s1. The first kappa shape index (κ1) is 13.7. The SMILES string of the molecule is Cn1ncc2c(N3CCNC(=O)[C@@H]3c3ccccc3)ncnc21. The van der Waals surface area contributed by atoms with Crippen LogP contribution in [0.2, 0.25) is 0 Å². The minimum atomic E-state index is -0.400. The van der Waals surface area contributed by atoms with E-state index in [4.69, 9.17) is 0 Å². The van der Waals surface area contributed by atoms with Gasteiger partial charge in [0.25, 0.3) is 0 Å². The fourth-order valence-electron chi connectivity index (χ4n) is 3.04. The number of aromatic nitrogens is 4. The molecule has 0 saturated carbocycles. The summed E-state index contributed by atoms with van der Waals surface area (Å²) >= 11 is 0. The van der Waals surface area contributed by atoms with Gasteiger partial charge in [0.1, 0.15) is 18.2 Å². The number of nitrogens with one attached hydrogen (secondary N) is 1. The van der Waals surface area contributed by atoms with E-state index < -0.39 is 6.04 Å². The number of piperazine rings is 1. The van der Waals surface area contributed by atoms with Gasteiger partial charge in [0.2, 0.25) is 5.91 Å². The third-order valence-electron chi connectivity index (χ3n) is 4.11. The van der Waals surface area contributed by atoms with E-state index in [2.05, 4.69) is 20.4 Å². The monoisotopic (exact) mass is 308 g/mol. The Morgan fingerprint density at radius 1 is 1.22 bits per heavy atom. The quantitative estimate of drug-likeness (QED) is 0.765. The summed E-state index contributed by atoms with van der Waals surface area (Å²) in [7, 11) is 1.84. The Kier molecular flexibility index (Phi) is 3.18. The van der Waals surface area contributed by atoms with Crippen molar-refractivity contribution in [3.05, 3.63) is 48.4 Å². The fraction of sp³-hybridized carbons (Fsp3) is 0.250. The number of hydrogen-bond donors (Lipinski definition) is 1. The molecule has 1 aromatic carbocycles. The molecular weight excluding hydrogens is 292 g/mol. The van der Waals surface area contributed by atoms with Crippen molar-refractivity contribution in [3.8, 4) is 0 Å². The number of carbonyl (C=O) groups is 1. The third-order valence-corrected chi connectivity index (χ3v) is 4.11. The molecule has 1 aliphatic heterocycles. The molecule has 0 aliphatic carbocycles. The van der Waals surface area contributed by atoms with E-state index in [-0.39, 0.29) is 5.91 Å². The van der Waals surface area contributed by atoms with Crippen molar-refractivity contribution in [2.75, 3.05) is 18.0 Å². The van der Waals surface area contributed by atoms with Crippen LogP contribution in [-0.2, 0) is 11.8 Å². The molecule has 1 atom stereocenters. The number of amides is 1. The van der Waals surface area contributed by atoms with E-state index in [1.807, 2.05) is 42.3 Å². The van der Waals surface area contributed by atoms with Crippen LogP contribution in [0.25, 0.3) is 11.0 Å². The summed E-state index contributed by atoms with van der Waals surface area (Å²) in [4.78, 5) is 23.2. The molecule has 3 heterocycles. The molecule has 7 nitrogen and oxygen atoms in total. The maximum Gasteiger partial charge on any atom is 0.247 e. The van der Waals surface area contributed by atoms with Gasteiger partial charge in [0.15, 0.2) is 5.65 Å². The van der Waals surface area contributed by atoms with Gasteiger partial charge in [0, 0.05) is 20.1 Å². The average Bonchev–Trinajstić information content (AvgIpc) is 2.97. The normalized spacial score (nSPS) is 18.2. The number of carbonyl (C=O) groups excluding carboxylic acids is 1. The van der Waals surface area contributed by atoms with Crippen LogP contribution in [0, 0.1) is 0 Å². The van der Waals surface area contributed by atoms with Crippen LogP contribution in [0.3, 0.4) is 0 Å². The van der Waals surface area contributed by atoms with Crippen molar-refractivity contribution >= 4 is 22.8 Å². The Hall–Kier alpha value is -2.96. The highest BCUT2D eigenvalue weighted by Crippen LogP contribution is 2.31. The topological polar surface area (TPSA) is 75.9 Å². The molecule has 4 rings (SSSR count). The summed E-state index contributed by atoms with van der Waals surface area (Å²) in [6.45, 7) is 1.28. The number of aryl methyl sites for hydroxylation is 1. The molecule has 23 heavy (non-hydrogen) atoms. The molecule has 1 fully saturated rings. The van der Waals surface area contributed by atoms with Gasteiger partial charge >= 0.3 is 0 Å². The van der Waals surface area contributed by atoms with Crippen LogP contribution in [-0.4, -0.2) is 38.7 Å². The van der Waals surface area contributed by atoms with Gasteiger partial charge in [0.05, 0.1) is 11.6 Å². The maximum absolute atomic E-state index is 12.5. The molecule has 7 heteroatoms. The van der Waals surface area contributed by atoms with E-state index in [9.17, 15) is 4.79 Å². The van der Waals surface area contributed by atoms with Crippen molar-refractivity contribution < 1.29 is 4.79 Å². The van der Waals surface area contributed by atoms with Gasteiger partial charge in [-0.1, -0.05) is 30.3 Å². The van der Waals surface area contributed by atoms with Crippen LogP contribution in [0.4, 0.5) is 5.82 Å². The number of benzene rings is 1. The van der Waals surface area contributed by atoms with Crippen molar-refractivity contribution in [2.24, 2.45) is 7.05 Å². The van der Waals surface area contributed by atoms with Crippen LogP contribution in [0.1, 0.15) is 11.6 Å². The van der Waals surface area contributed by atoms with Gasteiger partial charge in [-0.25, -0.2) is 9.97 Å². The lowest BCUT2D eigenvalue weighted by Crippen LogP contribution is -2.50. The minimum absolute atomic E-state index is 0.0156. The Balaban J connectivity index is 1.85. The summed E-state index contributed by atoms with van der Waals surface area (Å²) in [5.74, 6) is 0.727. The Morgan fingerprint density at radius 2 is 2.04 bits per heavy atom. The molecule has 0 bridgehead atoms. The predicted molar refractivity (Wildman–Crippen MR) is 85.8 cm³/mol. The van der Waals surface area contributed by atoms with Gasteiger partial charge in [-0.15, -0.1) is 0 Å². The zero-order valence-electron chi connectivity index (χ0n) is 12.7. The van der Waals surface area contributed by atoms with E-state index in [0.717, 1.165) is 22.4 Å². The van der Waals surface area contributed by atoms with Crippen molar-refractivity contribution in [3.63, 3.8) is 0 Å². The number of rotatable bonds is 2. The largest absolute Gasteiger partial charge is 0.352 e. The highest BCUT2D eigenvalue weighted by molar-refractivity contribution is 5.93. The van der Waals surface area contributed by atoms with Gasteiger partial charge in [-0.2, -0.15) is 5.10 Å². The predicted octanol–water partition coefficient (Wildman–Crippen LogP) is 1.04. The summed E-state index contributed by atoms with van der Waals surface area (Å²) in [6.07, 6.45) is 3.27. The molecule has 0 spiro atoms. The van der Waals surface area contributed by atoms with Gasteiger partial charge in [-0.3, -0.25) is 9.48 Å². The first-order chi connectivity index (χ1) is 11.3. The second kappa shape index (κ2) is 5.35. The maximum atomic E-state index is 12.5. The molecule has 116 valence electrons. The second-order valence-corrected chi connectivity index (χ2v) is 5.50. The van der Waals surface area contributed by atoms with Crippen LogP contribution in [0.5, 0.6) is 0 Å². The minimum Gasteiger partial charge on any atom is -0.352 e. The first-order valence-corrected chi connectivity index (χ1v) is 7.48. The molecule has 1 N–H and O–H groups in total. The summed E-state index contributed by atoms with van der Waals surface area (Å²) < 4.78 is 1.71. The molecular formula is C16H16N6O. The van der Waals surface area contributed by atoms with Crippen molar-refractivity contribution in [1.82, 2.24) is 25.1 Å². The molecule has 3 aromatic rings. The Morgan fingerprint density at radius 3 is 2.87 bits per heavy atom. The van der Waals surface area contributed by atoms with Gasteiger partial charge in [-0.05, 0) is 5.56 Å². The number of fused-ring (bicyclic) bond motifs is 1. The van der Waals surface area contributed by atoms with E-state index in [0.29, 0.717) is 13.1 Å². The lowest BCUT2D eigenvalue weighted by molar-refractivity contribution is -0.123. The first-order valence-electron chi connectivity index (χ1n) is 7.48. The van der Waals surface area contributed by atoms with E-state index >= 15 is 0 Å². The van der Waals surface area contributed by atoms with E-state index in [1.54, 1.807) is 10.9 Å². The molecule has 1 saturated heterocycles. The molecule has 1 aliphatic rings. The van der Waals surface area contributed by atoms with Crippen molar-refractivity contribution in [2.45, 2.75) is 6.04 Å². The fourth-order valence-corrected chi connectivity index (χ4v) is 3.04. The van der Waals surface area contributed by atoms with Gasteiger partial charge < -0.3 is 10.2 Å². The Bertz CT molecular complexity index is 859. The van der Waals surface area contributed by atoms with Crippen LogP contribution >= 0.6 is 0 Å². The molecule has 1 amide bonds. The smallest absolute Gasteiger partial charge is 0.247 e. The number of hydrogen-bond acceptors (Lipinski definition) is 5. The summed E-state index contributed by atoms with van der Waals surface area (Å²) in [6, 6.07) is 9.35. The zero-order valence-corrected chi connectivity index (χ0v) is 12.7. The average molecular weight is 308 g/mol. The third kappa shape index (κ3) is 2.21. The summed E-state index contributed by atoms with van der Waals surface area (Å²) in [5.41, 5.74) is 1.70. The van der Waals surface area contributed by atoms with E-state index in [1.165, 1.54) is 6.33 Å². The van der Waals surface area contributed by atoms with Crippen molar-refractivity contribution in [1.29, 1.82) is 0 Å². The molecule has 0 unspecified atom stereocenters.